The van der Waals surface area contributed by atoms with Crippen molar-refractivity contribution in [3.63, 3.8) is 0 Å². The number of nitrogens with zero attached hydrogens (tertiary/aromatic N) is 1. The van der Waals surface area contributed by atoms with E-state index in [0.717, 1.165) is 25.8 Å². The van der Waals surface area contributed by atoms with E-state index in [-0.39, 0.29) is 0 Å². The lowest BCUT2D eigenvalue weighted by Gasteiger charge is -2.31. The van der Waals surface area contributed by atoms with Gasteiger partial charge >= 0.3 is 0 Å². The summed E-state index contributed by atoms with van der Waals surface area (Å²) >= 11 is 0. The number of amides is 1. The summed E-state index contributed by atoms with van der Waals surface area (Å²) in [5.41, 5.74) is 1.36. The maximum absolute atomic E-state index is 12.9. The molecule has 3 heteroatoms. The van der Waals surface area contributed by atoms with Gasteiger partial charge in [0.05, 0.1) is 0 Å². The summed E-state index contributed by atoms with van der Waals surface area (Å²) in [7, 11) is 0. The molecule has 3 fully saturated rings. The molecule has 0 saturated carbocycles. The zero-order valence-corrected chi connectivity index (χ0v) is 13.9. The van der Waals surface area contributed by atoms with E-state index in [1.54, 1.807) is 0 Å². The average Bonchev–Trinajstić information content (AvgIpc) is 3.15. The molecule has 0 radical (unpaired) electrons. The second-order valence-electron chi connectivity index (χ2n) is 7.75. The monoisotopic (exact) mass is 312 g/mol. The lowest BCUT2D eigenvalue weighted by Crippen LogP contribution is -2.42. The van der Waals surface area contributed by atoms with Gasteiger partial charge in [-0.15, -0.1) is 0 Å². The summed E-state index contributed by atoms with van der Waals surface area (Å²) in [5, 5.41) is 3.68. The van der Waals surface area contributed by atoms with E-state index in [1.165, 1.54) is 37.7 Å². The minimum atomic E-state index is 0.412. The van der Waals surface area contributed by atoms with Gasteiger partial charge in [0.25, 0.3) is 0 Å². The Morgan fingerprint density at radius 3 is 2.57 bits per heavy atom. The van der Waals surface area contributed by atoms with Gasteiger partial charge in [-0.3, -0.25) is 4.79 Å². The largest absolute Gasteiger partial charge is 0.339 e. The number of nitrogens with one attached hydrogen (secondary N) is 1. The SMILES string of the molecule is O=C(CC1CC2CCC(C1)N2)N1CCCC1Cc1ccccc1. The fourth-order valence-corrected chi connectivity index (χ4v) is 4.97. The van der Waals surface area contributed by atoms with Crippen LogP contribution < -0.4 is 5.32 Å². The first-order chi connectivity index (χ1) is 11.3. The highest BCUT2D eigenvalue weighted by Gasteiger charge is 2.36. The van der Waals surface area contributed by atoms with Gasteiger partial charge in [-0.1, -0.05) is 30.3 Å². The molecule has 3 saturated heterocycles. The van der Waals surface area contributed by atoms with E-state index in [2.05, 4.69) is 40.5 Å². The van der Waals surface area contributed by atoms with Crippen molar-refractivity contribution in [3.8, 4) is 0 Å². The van der Waals surface area contributed by atoms with E-state index in [9.17, 15) is 4.79 Å². The summed E-state index contributed by atoms with van der Waals surface area (Å²) in [6.07, 6.45) is 9.17. The number of fused-ring (bicyclic) bond motifs is 2. The highest BCUT2D eigenvalue weighted by molar-refractivity contribution is 5.77. The zero-order valence-electron chi connectivity index (χ0n) is 13.9. The number of hydrogen-bond acceptors (Lipinski definition) is 2. The first kappa shape index (κ1) is 15.2. The minimum Gasteiger partial charge on any atom is -0.339 e. The van der Waals surface area contributed by atoms with Crippen LogP contribution in [0, 0.1) is 5.92 Å². The third kappa shape index (κ3) is 3.45. The number of carbonyl (C=O) groups is 1. The van der Waals surface area contributed by atoms with E-state index in [1.807, 2.05) is 0 Å². The molecule has 0 aromatic heterocycles. The first-order valence-electron chi connectivity index (χ1n) is 9.37. The third-order valence-electron chi connectivity index (χ3n) is 6.05. The first-order valence-corrected chi connectivity index (χ1v) is 9.37. The number of rotatable bonds is 4. The van der Waals surface area contributed by atoms with Crippen LogP contribution in [0.5, 0.6) is 0 Å². The molecule has 3 nitrogen and oxygen atoms in total. The van der Waals surface area contributed by atoms with Gasteiger partial charge in [-0.05, 0) is 56.4 Å². The third-order valence-corrected chi connectivity index (χ3v) is 6.05. The van der Waals surface area contributed by atoms with Crippen LogP contribution in [0.1, 0.15) is 50.5 Å². The fraction of sp³-hybridized carbons (Fsp3) is 0.650. The number of carbonyl (C=O) groups excluding carboxylic acids is 1. The number of hydrogen-bond donors (Lipinski definition) is 1. The van der Waals surface area contributed by atoms with Crippen LogP contribution in [0.3, 0.4) is 0 Å². The van der Waals surface area contributed by atoms with E-state index in [0.29, 0.717) is 30.0 Å². The second kappa shape index (κ2) is 6.64. The minimum absolute atomic E-state index is 0.412. The molecule has 0 spiro atoms. The van der Waals surface area contributed by atoms with Crippen molar-refractivity contribution in [2.45, 2.75) is 69.5 Å². The molecule has 0 aliphatic carbocycles. The van der Waals surface area contributed by atoms with Crippen molar-refractivity contribution in [1.29, 1.82) is 0 Å². The van der Waals surface area contributed by atoms with Crippen LogP contribution in [-0.2, 0) is 11.2 Å². The van der Waals surface area contributed by atoms with E-state index >= 15 is 0 Å². The predicted octanol–water partition coefficient (Wildman–Crippen LogP) is 3.14. The number of likely N-dealkylation sites (tertiary alicyclic amines) is 1. The van der Waals surface area contributed by atoms with Crippen molar-refractivity contribution >= 4 is 5.91 Å². The molecule has 1 aromatic carbocycles. The average molecular weight is 312 g/mol. The smallest absolute Gasteiger partial charge is 0.223 e. The lowest BCUT2D eigenvalue weighted by molar-refractivity contribution is -0.133. The van der Waals surface area contributed by atoms with Gasteiger partial charge in [0.1, 0.15) is 0 Å². The molecule has 1 aromatic rings. The lowest BCUT2D eigenvalue weighted by atomic mass is 9.89. The van der Waals surface area contributed by atoms with Crippen molar-refractivity contribution < 1.29 is 4.79 Å². The van der Waals surface area contributed by atoms with Crippen molar-refractivity contribution in [2.75, 3.05) is 6.54 Å². The summed E-state index contributed by atoms with van der Waals surface area (Å²) in [6, 6.07) is 12.4. The molecule has 3 unspecified atom stereocenters. The maximum Gasteiger partial charge on any atom is 0.223 e. The summed E-state index contributed by atoms with van der Waals surface area (Å²) in [4.78, 5) is 15.0. The van der Waals surface area contributed by atoms with E-state index < -0.39 is 0 Å². The molecular weight excluding hydrogens is 284 g/mol. The Hall–Kier alpha value is -1.35. The van der Waals surface area contributed by atoms with Crippen molar-refractivity contribution in [3.05, 3.63) is 35.9 Å². The predicted molar refractivity (Wildman–Crippen MR) is 92.2 cm³/mol. The molecular formula is C20H28N2O. The molecule has 3 aliphatic rings. The number of benzene rings is 1. The van der Waals surface area contributed by atoms with Crippen LogP contribution in [0.25, 0.3) is 0 Å². The molecule has 4 rings (SSSR count). The zero-order chi connectivity index (χ0) is 15.6. The Morgan fingerprint density at radius 2 is 1.83 bits per heavy atom. The van der Waals surface area contributed by atoms with Crippen LogP contribution in [0.4, 0.5) is 0 Å². The standard InChI is InChI=1S/C20H28N2O/c23-20(14-16-11-17-8-9-18(12-16)21-17)22-10-4-7-19(22)13-15-5-2-1-3-6-15/h1-3,5-6,16-19,21H,4,7-14H2. The molecule has 1 N–H and O–H groups in total. The van der Waals surface area contributed by atoms with Gasteiger partial charge in [-0.2, -0.15) is 0 Å². The Bertz CT molecular complexity index is 532. The maximum atomic E-state index is 12.9. The number of piperidine rings is 1. The normalized spacial score (nSPS) is 33.1. The molecule has 3 heterocycles. The van der Waals surface area contributed by atoms with Gasteiger partial charge in [0.2, 0.25) is 5.91 Å². The molecule has 2 bridgehead atoms. The highest BCUT2D eigenvalue weighted by atomic mass is 16.2. The van der Waals surface area contributed by atoms with Crippen molar-refractivity contribution in [1.82, 2.24) is 10.2 Å². The fourth-order valence-electron chi connectivity index (χ4n) is 4.97. The molecule has 3 aliphatic heterocycles. The molecule has 124 valence electrons. The second-order valence-corrected chi connectivity index (χ2v) is 7.75. The van der Waals surface area contributed by atoms with Gasteiger partial charge in [0.15, 0.2) is 0 Å². The quantitative estimate of drug-likeness (QED) is 0.926. The van der Waals surface area contributed by atoms with Crippen molar-refractivity contribution in [2.24, 2.45) is 5.92 Å². The summed E-state index contributed by atoms with van der Waals surface area (Å²) in [6.45, 7) is 0.966. The van der Waals surface area contributed by atoms with Crippen LogP contribution >= 0.6 is 0 Å². The topological polar surface area (TPSA) is 32.3 Å². The summed E-state index contributed by atoms with van der Waals surface area (Å²) < 4.78 is 0. The van der Waals surface area contributed by atoms with Crippen LogP contribution in [0.2, 0.25) is 0 Å². The highest BCUT2D eigenvalue weighted by Crippen LogP contribution is 2.34. The Morgan fingerprint density at radius 1 is 1.09 bits per heavy atom. The van der Waals surface area contributed by atoms with Gasteiger partial charge in [-0.25, -0.2) is 0 Å². The van der Waals surface area contributed by atoms with Crippen LogP contribution in [-0.4, -0.2) is 35.5 Å². The molecule has 3 atom stereocenters. The van der Waals surface area contributed by atoms with Crippen LogP contribution in [0.15, 0.2) is 30.3 Å². The molecule has 1 amide bonds. The Kier molecular flexibility index (Phi) is 4.39. The van der Waals surface area contributed by atoms with E-state index in [4.69, 9.17) is 0 Å². The van der Waals surface area contributed by atoms with Gasteiger partial charge < -0.3 is 10.2 Å². The molecule has 23 heavy (non-hydrogen) atoms. The summed E-state index contributed by atoms with van der Waals surface area (Å²) in [5.74, 6) is 1.02. The van der Waals surface area contributed by atoms with Gasteiger partial charge in [0, 0.05) is 31.1 Å². The Balaban J connectivity index is 1.35. The Labute approximate surface area is 139 Å².